The van der Waals surface area contributed by atoms with Crippen molar-refractivity contribution in [1.82, 2.24) is 4.90 Å². The number of carbonyl (C=O) groups is 1. The van der Waals surface area contributed by atoms with E-state index in [0.29, 0.717) is 12.5 Å². The van der Waals surface area contributed by atoms with Crippen molar-refractivity contribution >= 4 is 5.91 Å². The van der Waals surface area contributed by atoms with E-state index in [1.807, 2.05) is 29.2 Å². The molecule has 1 amide bonds. The van der Waals surface area contributed by atoms with Crippen molar-refractivity contribution in [2.45, 2.75) is 25.9 Å². The molecule has 3 nitrogen and oxygen atoms in total. The van der Waals surface area contributed by atoms with Gasteiger partial charge in [-0.15, -0.1) is 0 Å². The Kier molecular flexibility index (Phi) is 5.65. The zero-order valence-electron chi connectivity index (χ0n) is 14.3. The second-order valence-electron chi connectivity index (χ2n) is 6.56. The van der Waals surface area contributed by atoms with E-state index >= 15 is 0 Å². The summed E-state index contributed by atoms with van der Waals surface area (Å²) in [5, 5.41) is 0. The Hall–Kier alpha value is -2.13. The third-order valence-corrected chi connectivity index (χ3v) is 4.75. The van der Waals surface area contributed by atoms with Crippen molar-refractivity contribution in [1.29, 1.82) is 0 Å². The van der Waals surface area contributed by atoms with Crippen molar-refractivity contribution in [2.24, 2.45) is 5.92 Å². The Morgan fingerprint density at radius 1 is 1.04 bits per heavy atom. The maximum Gasteiger partial charge on any atom is 0.253 e. The first-order chi connectivity index (χ1) is 11.8. The molecule has 1 saturated heterocycles. The first-order valence-corrected chi connectivity index (χ1v) is 8.67. The van der Waals surface area contributed by atoms with E-state index in [-0.39, 0.29) is 5.91 Å². The van der Waals surface area contributed by atoms with Gasteiger partial charge in [-0.3, -0.25) is 4.79 Å². The third kappa shape index (κ3) is 4.24. The van der Waals surface area contributed by atoms with Crippen molar-refractivity contribution in [2.75, 3.05) is 20.2 Å². The molecule has 0 N–H and O–H groups in total. The van der Waals surface area contributed by atoms with Gasteiger partial charge in [-0.2, -0.15) is 0 Å². The van der Waals surface area contributed by atoms with Crippen LogP contribution in [0.25, 0.3) is 0 Å². The molecule has 1 aliphatic rings. The van der Waals surface area contributed by atoms with E-state index in [2.05, 4.69) is 30.3 Å². The van der Waals surface area contributed by atoms with Gasteiger partial charge in [0, 0.05) is 25.8 Å². The van der Waals surface area contributed by atoms with Gasteiger partial charge >= 0.3 is 0 Å². The molecule has 0 radical (unpaired) electrons. The van der Waals surface area contributed by atoms with Gasteiger partial charge in [0.2, 0.25) is 0 Å². The highest BCUT2D eigenvalue weighted by Crippen LogP contribution is 2.23. The molecule has 0 atom stereocenters. The van der Waals surface area contributed by atoms with Crippen LogP contribution >= 0.6 is 0 Å². The van der Waals surface area contributed by atoms with Gasteiger partial charge in [0.05, 0.1) is 6.61 Å². The standard InChI is InChI=1S/C21H25NO2/c1-24-16-19-8-5-9-20(15-19)21(23)22-12-10-18(11-13-22)14-17-6-3-2-4-7-17/h2-9,15,18H,10-14,16H2,1H3. The molecule has 2 aromatic carbocycles. The molecule has 0 spiro atoms. The number of nitrogens with zero attached hydrogens (tertiary/aromatic N) is 1. The molecule has 126 valence electrons. The van der Waals surface area contributed by atoms with Crippen LogP contribution in [-0.4, -0.2) is 31.0 Å². The third-order valence-electron chi connectivity index (χ3n) is 4.75. The highest BCUT2D eigenvalue weighted by molar-refractivity contribution is 5.94. The largest absolute Gasteiger partial charge is 0.380 e. The summed E-state index contributed by atoms with van der Waals surface area (Å²) < 4.78 is 5.15. The fourth-order valence-electron chi connectivity index (χ4n) is 3.43. The second kappa shape index (κ2) is 8.11. The van der Waals surface area contributed by atoms with E-state index in [4.69, 9.17) is 4.74 Å². The van der Waals surface area contributed by atoms with Gasteiger partial charge < -0.3 is 9.64 Å². The average Bonchev–Trinajstić information content (AvgIpc) is 2.63. The summed E-state index contributed by atoms with van der Waals surface area (Å²) >= 11 is 0. The molecule has 0 saturated carbocycles. The number of rotatable bonds is 5. The van der Waals surface area contributed by atoms with Crippen LogP contribution < -0.4 is 0 Å². The molecule has 0 aliphatic carbocycles. The topological polar surface area (TPSA) is 29.5 Å². The minimum Gasteiger partial charge on any atom is -0.380 e. The van der Waals surface area contributed by atoms with Gasteiger partial charge in [0.25, 0.3) is 5.91 Å². The molecule has 3 heteroatoms. The Bertz CT molecular complexity index is 661. The van der Waals surface area contributed by atoms with Gasteiger partial charge in [0.15, 0.2) is 0 Å². The van der Waals surface area contributed by atoms with Crippen molar-refractivity contribution < 1.29 is 9.53 Å². The van der Waals surface area contributed by atoms with Crippen LogP contribution in [0.15, 0.2) is 54.6 Å². The van der Waals surface area contributed by atoms with E-state index in [9.17, 15) is 4.79 Å². The first kappa shape index (κ1) is 16.7. The predicted octanol–water partition coefficient (Wildman–Crippen LogP) is 3.93. The lowest BCUT2D eigenvalue weighted by Crippen LogP contribution is -2.38. The number of carbonyl (C=O) groups excluding carboxylic acids is 1. The molecular weight excluding hydrogens is 298 g/mol. The molecule has 0 bridgehead atoms. The Labute approximate surface area is 144 Å². The van der Waals surface area contributed by atoms with Crippen molar-refractivity contribution in [3.8, 4) is 0 Å². The molecule has 2 aromatic rings. The number of amides is 1. The molecule has 0 unspecified atom stereocenters. The summed E-state index contributed by atoms with van der Waals surface area (Å²) in [5.41, 5.74) is 3.21. The Morgan fingerprint density at radius 3 is 2.46 bits per heavy atom. The van der Waals surface area contributed by atoms with Crippen LogP contribution in [0.3, 0.4) is 0 Å². The summed E-state index contributed by atoms with van der Waals surface area (Å²) in [4.78, 5) is 14.7. The number of benzene rings is 2. The molecule has 24 heavy (non-hydrogen) atoms. The van der Waals surface area contributed by atoms with Crippen molar-refractivity contribution in [3.05, 3.63) is 71.3 Å². The Morgan fingerprint density at radius 2 is 1.75 bits per heavy atom. The fourth-order valence-corrected chi connectivity index (χ4v) is 3.43. The minimum atomic E-state index is 0.145. The Balaban J connectivity index is 1.56. The molecule has 0 aromatic heterocycles. The van der Waals surface area contributed by atoms with Crippen LogP contribution in [0.1, 0.15) is 34.3 Å². The lowest BCUT2D eigenvalue weighted by molar-refractivity contribution is 0.0690. The van der Waals surface area contributed by atoms with Gasteiger partial charge in [0.1, 0.15) is 0 Å². The number of likely N-dealkylation sites (tertiary alicyclic amines) is 1. The summed E-state index contributed by atoms with van der Waals surface area (Å²) in [5.74, 6) is 0.822. The first-order valence-electron chi connectivity index (χ1n) is 8.67. The number of methoxy groups -OCH3 is 1. The van der Waals surface area contributed by atoms with Crippen LogP contribution in [0.5, 0.6) is 0 Å². The molecule has 1 aliphatic heterocycles. The van der Waals surface area contributed by atoms with E-state index in [1.54, 1.807) is 7.11 Å². The molecule has 1 fully saturated rings. The van der Waals surface area contributed by atoms with E-state index < -0.39 is 0 Å². The molecule has 3 rings (SSSR count). The summed E-state index contributed by atoms with van der Waals surface area (Å²) in [7, 11) is 1.67. The number of ether oxygens (including phenoxy) is 1. The van der Waals surface area contributed by atoms with Gasteiger partial charge in [-0.25, -0.2) is 0 Å². The average molecular weight is 323 g/mol. The fraction of sp³-hybridized carbons (Fsp3) is 0.381. The molecule has 1 heterocycles. The van der Waals surface area contributed by atoms with E-state index in [0.717, 1.165) is 43.5 Å². The van der Waals surface area contributed by atoms with Crippen LogP contribution in [-0.2, 0) is 17.8 Å². The minimum absolute atomic E-state index is 0.145. The zero-order valence-corrected chi connectivity index (χ0v) is 14.3. The number of hydrogen-bond acceptors (Lipinski definition) is 2. The van der Waals surface area contributed by atoms with Crippen molar-refractivity contribution in [3.63, 3.8) is 0 Å². The monoisotopic (exact) mass is 323 g/mol. The van der Waals surface area contributed by atoms with Gasteiger partial charge in [-0.1, -0.05) is 42.5 Å². The number of piperidine rings is 1. The lowest BCUT2D eigenvalue weighted by atomic mass is 9.90. The second-order valence-corrected chi connectivity index (χ2v) is 6.56. The van der Waals surface area contributed by atoms with E-state index in [1.165, 1.54) is 5.56 Å². The molecular formula is C21H25NO2. The highest BCUT2D eigenvalue weighted by atomic mass is 16.5. The van der Waals surface area contributed by atoms with Crippen LogP contribution in [0.2, 0.25) is 0 Å². The number of hydrogen-bond donors (Lipinski definition) is 0. The predicted molar refractivity (Wildman–Crippen MR) is 95.9 cm³/mol. The lowest BCUT2D eigenvalue weighted by Gasteiger charge is -2.32. The smallest absolute Gasteiger partial charge is 0.253 e. The van der Waals surface area contributed by atoms with Crippen LogP contribution in [0, 0.1) is 5.92 Å². The van der Waals surface area contributed by atoms with Gasteiger partial charge in [-0.05, 0) is 48.4 Å². The summed E-state index contributed by atoms with van der Waals surface area (Å²) in [6.07, 6.45) is 3.28. The maximum atomic E-state index is 12.7. The summed E-state index contributed by atoms with van der Waals surface area (Å²) in [6, 6.07) is 18.4. The summed E-state index contributed by atoms with van der Waals surface area (Å²) in [6.45, 7) is 2.25. The highest BCUT2D eigenvalue weighted by Gasteiger charge is 2.23. The SMILES string of the molecule is COCc1cccc(C(=O)N2CCC(Cc3ccccc3)CC2)c1. The maximum absolute atomic E-state index is 12.7. The van der Waals surface area contributed by atoms with Crippen LogP contribution in [0.4, 0.5) is 0 Å². The zero-order chi connectivity index (χ0) is 16.8. The quantitative estimate of drug-likeness (QED) is 0.834. The normalized spacial score (nSPS) is 15.5.